The molecule has 0 aromatic carbocycles. The van der Waals surface area contributed by atoms with Crippen LogP contribution in [0.3, 0.4) is 0 Å². The first-order chi connectivity index (χ1) is 19.1. The van der Waals surface area contributed by atoms with Gasteiger partial charge in [0.15, 0.2) is 0 Å². The van der Waals surface area contributed by atoms with Gasteiger partial charge in [-0.25, -0.2) is 0 Å². The summed E-state index contributed by atoms with van der Waals surface area (Å²) < 4.78 is 50.4. The van der Waals surface area contributed by atoms with Crippen molar-refractivity contribution in [2.45, 2.75) is 51.4 Å². The monoisotopic (exact) mass is 615 g/mol. The first-order valence-electron chi connectivity index (χ1n) is 12.6. The summed E-state index contributed by atoms with van der Waals surface area (Å²) in [6, 6.07) is 6.59. The van der Waals surface area contributed by atoms with Crippen LogP contribution in [-0.2, 0) is 12.7 Å². The fraction of sp³-hybridized carbons (Fsp3) is 0.333. The molecule has 1 fully saturated rings. The van der Waals surface area contributed by atoms with Crippen LogP contribution in [0.4, 0.5) is 13.2 Å². The second-order valence-corrected chi connectivity index (χ2v) is 12.3. The van der Waals surface area contributed by atoms with Crippen molar-refractivity contribution in [3.05, 3.63) is 69.2 Å². The molecule has 1 aliphatic carbocycles. The third-order valence-electron chi connectivity index (χ3n) is 6.72. The van der Waals surface area contributed by atoms with Crippen LogP contribution in [0.25, 0.3) is 32.7 Å². The van der Waals surface area contributed by atoms with Crippen LogP contribution in [0.1, 0.15) is 54.5 Å². The summed E-state index contributed by atoms with van der Waals surface area (Å²) in [5, 5.41) is 0.677. The molecule has 9 nitrogen and oxygen atoms in total. The standard InChI is InChI=1S/C27H24F3N7O2Se/c1-14(2)36-12-19(27(28,29)30)34-25(36)18-8-7-17(40-18)11-37-20(38)9-6-16-10-31-23(35-24(16)37)21-22(15-4-5-15)32-13-33-26(21)39-3/h6-10,12-15H,4-5,11H2,1-3H3. The third-order valence-corrected chi connectivity index (χ3v) is 8.96. The number of aromatic nitrogens is 7. The van der Waals surface area contributed by atoms with E-state index in [2.05, 4.69) is 19.9 Å². The van der Waals surface area contributed by atoms with Crippen LogP contribution in [0, 0.1) is 0 Å². The van der Waals surface area contributed by atoms with Gasteiger partial charge in [-0.2, -0.15) is 0 Å². The number of hydrogen-bond donors (Lipinski definition) is 0. The Morgan fingerprint density at radius 3 is 2.60 bits per heavy atom. The van der Waals surface area contributed by atoms with Crippen molar-refractivity contribution in [3.8, 4) is 27.5 Å². The Morgan fingerprint density at radius 1 is 1.10 bits per heavy atom. The van der Waals surface area contributed by atoms with Crippen molar-refractivity contribution in [1.82, 2.24) is 34.1 Å². The van der Waals surface area contributed by atoms with E-state index in [0.29, 0.717) is 34.1 Å². The summed E-state index contributed by atoms with van der Waals surface area (Å²) >= 11 is -0.339. The van der Waals surface area contributed by atoms with E-state index >= 15 is 0 Å². The molecular formula is C27H24F3N7O2Se. The average molecular weight is 614 g/mol. The van der Waals surface area contributed by atoms with Crippen LogP contribution in [0.15, 0.2) is 47.8 Å². The molecule has 0 N–H and O–H groups in total. The molecule has 0 bridgehead atoms. The van der Waals surface area contributed by atoms with Crippen molar-refractivity contribution in [1.29, 1.82) is 0 Å². The minimum atomic E-state index is -4.53. The molecule has 206 valence electrons. The summed E-state index contributed by atoms with van der Waals surface area (Å²) in [7, 11) is 1.53. The van der Waals surface area contributed by atoms with E-state index in [1.165, 1.54) is 19.5 Å². The number of rotatable bonds is 7. The van der Waals surface area contributed by atoms with Gasteiger partial charge in [-0.05, 0) is 0 Å². The van der Waals surface area contributed by atoms with Gasteiger partial charge in [0.25, 0.3) is 0 Å². The summed E-state index contributed by atoms with van der Waals surface area (Å²) in [4.78, 5) is 35.0. The van der Waals surface area contributed by atoms with E-state index in [0.717, 1.165) is 33.6 Å². The van der Waals surface area contributed by atoms with Crippen LogP contribution < -0.4 is 10.3 Å². The zero-order chi connectivity index (χ0) is 28.2. The molecule has 0 spiro atoms. The van der Waals surface area contributed by atoms with Crippen molar-refractivity contribution < 1.29 is 17.9 Å². The van der Waals surface area contributed by atoms with Crippen LogP contribution in [0.5, 0.6) is 5.88 Å². The quantitative estimate of drug-likeness (QED) is 0.245. The minimum absolute atomic E-state index is 0.199. The van der Waals surface area contributed by atoms with Crippen LogP contribution in [0.2, 0.25) is 0 Å². The molecule has 0 aliphatic heterocycles. The summed E-state index contributed by atoms with van der Waals surface area (Å²) in [5.41, 5.74) is 0.723. The molecule has 0 unspecified atom stereocenters. The molecule has 13 heteroatoms. The molecular weight excluding hydrogens is 590 g/mol. The predicted molar refractivity (Wildman–Crippen MR) is 142 cm³/mol. The SMILES string of the molecule is COc1ncnc(C2CC2)c1-c1ncc2ccc(=O)n(Cc3ccc(-c4nc(C(F)(F)F)cn4C(C)C)[se]3)c2n1. The maximum atomic E-state index is 13.4. The van der Waals surface area contributed by atoms with Gasteiger partial charge in [-0.3, -0.25) is 0 Å². The zero-order valence-electron chi connectivity index (χ0n) is 21.8. The molecule has 40 heavy (non-hydrogen) atoms. The Bertz CT molecular complexity index is 1790. The van der Waals surface area contributed by atoms with E-state index in [9.17, 15) is 18.0 Å². The van der Waals surface area contributed by atoms with E-state index < -0.39 is 11.9 Å². The van der Waals surface area contributed by atoms with Crippen LogP contribution >= 0.6 is 0 Å². The van der Waals surface area contributed by atoms with Gasteiger partial charge < -0.3 is 0 Å². The average Bonchev–Trinajstić information content (AvgIpc) is 3.48. The molecule has 5 heterocycles. The van der Waals surface area contributed by atoms with Gasteiger partial charge in [-0.1, -0.05) is 0 Å². The van der Waals surface area contributed by atoms with Gasteiger partial charge in [-0.15, -0.1) is 0 Å². The van der Waals surface area contributed by atoms with Gasteiger partial charge in [0, 0.05) is 0 Å². The molecule has 6 rings (SSSR count). The van der Waals surface area contributed by atoms with Gasteiger partial charge >= 0.3 is 233 Å². The van der Waals surface area contributed by atoms with E-state index in [1.54, 1.807) is 27.5 Å². The number of nitrogens with zero attached hydrogens (tertiary/aromatic N) is 7. The zero-order valence-corrected chi connectivity index (χ0v) is 23.5. The molecule has 0 saturated heterocycles. The van der Waals surface area contributed by atoms with Crippen molar-refractivity contribution in [2.75, 3.05) is 7.11 Å². The number of methoxy groups -OCH3 is 1. The fourth-order valence-electron chi connectivity index (χ4n) is 4.60. The van der Waals surface area contributed by atoms with E-state index in [-0.39, 0.29) is 38.6 Å². The molecule has 5 aromatic rings. The van der Waals surface area contributed by atoms with Gasteiger partial charge in [0.05, 0.1) is 0 Å². The number of halogens is 3. The van der Waals surface area contributed by atoms with Crippen LogP contribution in [-0.4, -0.2) is 55.7 Å². The number of pyridine rings is 1. The molecule has 5 aromatic heterocycles. The molecule has 0 radical (unpaired) electrons. The summed E-state index contributed by atoms with van der Waals surface area (Å²) in [6.07, 6.45) is 1.67. The molecule has 1 aliphatic rings. The Hall–Kier alpha value is -3.83. The maximum absolute atomic E-state index is 13.4. The topological polar surface area (TPSA) is 101 Å². The summed E-state index contributed by atoms with van der Waals surface area (Å²) in [5.74, 6) is 1.33. The first-order valence-corrected chi connectivity index (χ1v) is 14.4. The van der Waals surface area contributed by atoms with Gasteiger partial charge in [0.2, 0.25) is 0 Å². The van der Waals surface area contributed by atoms with E-state index in [1.807, 2.05) is 19.9 Å². The number of alkyl halides is 3. The third kappa shape index (κ3) is 4.84. The van der Waals surface area contributed by atoms with Crippen molar-refractivity contribution in [3.63, 3.8) is 0 Å². The first kappa shape index (κ1) is 26.4. The number of fused-ring (bicyclic) bond motifs is 1. The molecule has 0 atom stereocenters. The normalized spacial score (nSPS) is 13.9. The summed E-state index contributed by atoms with van der Waals surface area (Å²) in [6.45, 7) is 3.87. The van der Waals surface area contributed by atoms with Crippen molar-refractivity contribution >= 4 is 25.5 Å². The Kier molecular flexibility index (Phi) is 6.58. The number of hydrogen-bond acceptors (Lipinski definition) is 7. The Labute approximate surface area is 232 Å². The number of imidazole rings is 1. The van der Waals surface area contributed by atoms with E-state index in [4.69, 9.17) is 9.72 Å². The van der Waals surface area contributed by atoms with Gasteiger partial charge in [0.1, 0.15) is 0 Å². The Morgan fingerprint density at radius 2 is 1.90 bits per heavy atom. The molecule has 1 saturated carbocycles. The fourth-order valence-corrected chi connectivity index (χ4v) is 6.68. The Balaban J connectivity index is 1.41. The predicted octanol–water partition coefficient (Wildman–Crippen LogP) is 4.70. The van der Waals surface area contributed by atoms with Crippen molar-refractivity contribution in [2.24, 2.45) is 0 Å². The number of ether oxygens (including phenoxy) is 1. The molecule has 0 amide bonds. The second kappa shape index (κ2) is 9.97. The second-order valence-electron chi connectivity index (χ2n) is 9.86.